The van der Waals surface area contributed by atoms with E-state index in [1.807, 2.05) is 12.2 Å². The van der Waals surface area contributed by atoms with Gasteiger partial charge < -0.3 is 15.2 Å². The number of carbonyl (C=O) groups excluding carboxylic acids is 2. The Morgan fingerprint density at radius 1 is 1.23 bits per heavy atom. The van der Waals surface area contributed by atoms with Gasteiger partial charge in [0.05, 0.1) is 24.5 Å². The minimum atomic E-state index is -0.930. The van der Waals surface area contributed by atoms with E-state index in [9.17, 15) is 19.5 Å². The van der Waals surface area contributed by atoms with Crippen LogP contribution in [0, 0.1) is 35.0 Å². The molecule has 0 radical (unpaired) electrons. The maximum Gasteiger partial charge on any atom is 0.341 e. The van der Waals surface area contributed by atoms with Crippen LogP contribution in [0.1, 0.15) is 60.8 Å². The molecule has 3 aliphatic rings. The van der Waals surface area contributed by atoms with E-state index in [-0.39, 0.29) is 23.2 Å². The van der Waals surface area contributed by atoms with E-state index in [1.165, 1.54) is 18.4 Å². The Labute approximate surface area is 187 Å². The highest BCUT2D eigenvalue weighted by atomic mass is 32.1. The monoisotopic (exact) mass is 445 g/mol. The molecule has 1 amide bonds. The molecule has 7 heteroatoms. The second kappa shape index (κ2) is 8.08. The SMILES string of the molecule is CCC(C)(C)C1CCc2c(sc(NC(=O)C3C4C=CC(C4)C3C(=O)O)c2C(=O)OC)C1. The van der Waals surface area contributed by atoms with Crippen LogP contribution in [0.3, 0.4) is 0 Å². The average Bonchev–Trinajstić information content (AvgIpc) is 3.44. The Bertz CT molecular complexity index is 946. The molecule has 1 aromatic heterocycles. The fourth-order valence-electron chi connectivity index (χ4n) is 5.66. The summed E-state index contributed by atoms with van der Waals surface area (Å²) in [5.74, 6) is -2.62. The number of rotatable bonds is 6. The Kier molecular flexibility index (Phi) is 5.75. The summed E-state index contributed by atoms with van der Waals surface area (Å²) in [5.41, 5.74) is 1.65. The van der Waals surface area contributed by atoms with Crippen LogP contribution in [0.4, 0.5) is 5.00 Å². The molecule has 31 heavy (non-hydrogen) atoms. The summed E-state index contributed by atoms with van der Waals surface area (Å²) >= 11 is 1.45. The van der Waals surface area contributed by atoms with Crippen molar-refractivity contribution in [1.29, 1.82) is 0 Å². The maximum atomic E-state index is 13.2. The second-order valence-corrected chi connectivity index (χ2v) is 10.9. The summed E-state index contributed by atoms with van der Waals surface area (Å²) in [7, 11) is 1.35. The highest BCUT2D eigenvalue weighted by molar-refractivity contribution is 7.17. The van der Waals surface area contributed by atoms with E-state index in [1.54, 1.807) is 0 Å². The van der Waals surface area contributed by atoms with Gasteiger partial charge in [-0.1, -0.05) is 39.3 Å². The molecule has 0 spiro atoms. The van der Waals surface area contributed by atoms with E-state index in [4.69, 9.17) is 4.74 Å². The second-order valence-electron chi connectivity index (χ2n) is 9.81. The summed E-state index contributed by atoms with van der Waals surface area (Å²) in [4.78, 5) is 38.8. The number of anilines is 1. The van der Waals surface area contributed by atoms with Crippen molar-refractivity contribution in [2.45, 2.75) is 52.9 Å². The number of methoxy groups -OCH3 is 1. The number of hydrogen-bond acceptors (Lipinski definition) is 5. The van der Waals surface area contributed by atoms with Crippen LogP contribution in [0.25, 0.3) is 0 Å². The van der Waals surface area contributed by atoms with E-state index in [0.29, 0.717) is 22.9 Å². The third kappa shape index (κ3) is 3.71. The highest BCUT2D eigenvalue weighted by Gasteiger charge is 2.52. The minimum absolute atomic E-state index is 0.0583. The number of carboxylic acids is 1. The van der Waals surface area contributed by atoms with E-state index >= 15 is 0 Å². The first-order chi connectivity index (χ1) is 14.7. The molecule has 6 nitrogen and oxygen atoms in total. The molecule has 2 bridgehead atoms. The first-order valence-corrected chi connectivity index (χ1v) is 11.9. The smallest absolute Gasteiger partial charge is 0.341 e. The Morgan fingerprint density at radius 3 is 2.52 bits per heavy atom. The fourth-order valence-corrected chi connectivity index (χ4v) is 6.98. The zero-order valence-corrected chi connectivity index (χ0v) is 19.4. The lowest BCUT2D eigenvalue weighted by molar-refractivity contribution is -0.146. The van der Waals surface area contributed by atoms with Gasteiger partial charge in [-0.05, 0) is 54.4 Å². The topological polar surface area (TPSA) is 92.7 Å². The van der Waals surface area contributed by atoms with Crippen molar-refractivity contribution in [3.05, 3.63) is 28.2 Å². The van der Waals surface area contributed by atoms with E-state index in [2.05, 4.69) is 26.1 Å². The third-order valence-electron chi connectivity index (χ3n) is 7.96. The molecule has 3 aliphatic carbocycles. The van der Waals surface area contributed by atoms with Crippen molar-refractivity contribution in [2.24, 2.45) is 35.0 Å². The van der Waals surface area contributed by atoms with Crippen LogP contribution in [0.15, 0.2) is 12.2 Å². The lowest BCUT2D eigenvalue weighted by atomic mass is 9.69. The Balaban J connectivity index is 1.63. The molecule has 5 atom stereocenters. The van der Waals surface area contributed by atoms with Crippen molar-refractivity contribution in [1.82, 2.24) is 0 Å². The van der Waals surface area contributed by atoms with Gasteiger partial charge in [0.25, 0.3) is 0 Å². The minimum Gasteiger partial charge on any atom is -0.481 e. The highest BCUT2D eigenvalue weighted by Crippen LogP contribution is 2.50. The lowest BCUT2D eigenvalue weighted by Crippen LogP contribution is -2.36. The summed E-state index contributed by atoms with van der Waals surface area (Å²) in [6.45, 7) is 6.78. The maximum absolute atomic E-state index is 13.2. The summed E-state index contributed by atoms with van der Waals surface area (Å²) < 4.78 is 5.04. The van der Waals surface area contributed by atoms with E-state index in [0.717, 1.165) is 36.1 Å². The van der Waals surface area contributed by atoms with Gasteiger partial charge in [-0.15, -0.1) is 11.3 Å². The van der Waals surface area contributed by atoms with E-state index < -0.39 is 23.8 Å². The molecule has 1 aromatic rings. The normalized spacial score (nSPS) is 29.0. The Hall–Kier alpha value is -2.15. The number of hydrogen-bond donors (Lipinski definition) is 2. The molecule has 0 saturated heterocycles. The number of aliphatic carboxylic acids is 1. The number of amides is 1. The quantitative estimate of drug-likeness (QED) is 0.495. The van der Waals surface area contributed by atoms with Crippen molar-refractivity contribution in [3.8, 4) is 0 Å². The molecule has 0 aromatic carbocycles. The van der Waals surface area contributed by atoms with Crippen LogP contribution >= 0.6 is 11.3 Å². The standard InChI is InChI=1S/C24H31NO5S/c1-5-24(2,3)14-8-9-15-16(11-14)31-21(19(15)23(29)30-4)25-20(26)17-12-6-7-13(10-12)18(17)22(27)28/h6-7,12-14,17-18H,5,8-11H2,1-4H3,(H,25,26)(H,27,28). The van der Waals surface area contributed by atoms with Crippen molar-refractivity contribution in [3.63, 3.8) is 0 Å². The number of carbonyl (C=O) groups is 3. The third-order valence-corrected chi connectivity index (χ3v) is 9.12. The summed E-state index contributed by atoms with van der Waals surface area (Å²) in [6.07, 6.45) is 8.34. The van der Waals surface area contributed by atoms with Gasteiger partial charge >= 0.3 is 11.9 Å². The van der Waals surface area contributed by atoms with Crippen LogP contribution in [0.2, 0.25) is 0 Å². The van der Waals surface area contributed by atoms with Crippen LogP contribution in [-0.4, -0.2) is 30.1 Å². The van der Waals surface area contributed by atoms with Gasteiger partial charge in [-0.3, -0.25) is 9.59 Å². The van der Waals surface area contributed by atoms with Gasteiger partial charge in [0.15, 0.2) is 0 Å². The zero-order valence-electron chi connectivity index (χ0n) is 18.6. The fraction of sp³-hybridized carbons (Fsp3) is 0.625. The molecular weight excluding hydrogens is 414 g/mol. The predicted molar refractivity (Wildman–Crippen MR) is 119 cm³/mol. The van der Waals surface area contributed by atoms with Gasteiger partial charge in [-0.2, -0.15) is 0 Å². The molecular formula is C24H31NO5S. The predicted octanol–water partition coefficient (Wildman–Crippen LogP) is 4.54. The van der Waals surface area contributed by atoms with Crippen LogP contribution < -0.4 is 5.32 Å². The molecule has 1 fully saturated rings. The van der Waals surface area contributed by atoms with Crippen molar-refractivity contribution in [2.75, 3.05) is 12.4 Å². The van der Waals surface area contributed by atoms with Gasteiger partial charge in [0.1, 0.15) is 5.00 Å². The van der Waals surface area contributed by atoms with Crippen LogP contribution in [0.5, 0.6) is 0 Å². The number of ether oxygens (including phenoxy) is 1. The van der Waals surface area contributed by atoms with Crippen molar-refractivity contribution < 1.29 is 24.2 Å². The molecule has 1 saturated carbocycles. The molecule has 0 aliphatic heterocycles. The number of allylic oxidation sites excluding steroid dienone is 2. The average molecular weight is 446 g/mol. The van der Waals surface area contributed by atoms with Gasteiger partial charge in [0, 0.05) is 4.88 Å². The number of nitrogens with one attached hydrogen (secondary N) is 1. The summed E-state index contributed by atoms with van der Waals surface area (Å²) in [5, 5.41) is 13.1. The van der Waals surface area contributed by atoms with Gasteiger partial charge in [0.2, 0.25) is 5.91 Å². The molecule has 5 unspecified atom stereocenters. The lowest BCUT2D eigenvalue weighted by Gasteiger charge is -2.36. The molecule has 168 valence electrons. The summed E-state index contributed by atoms with van der Waals surface area (Å²) in [6, 6.07) is 0. The molecule has 2 N–H and O–H groups in total. The largest absolute Gasteiger partial charge is 0.481 e. The number of esters is 1. The molecule has 1 heterocycles. The number of carboxylic acid groups (broad SMARTS) is 1. The van der Waals surface area contributed by atoms with Crippen molar-refractivity contribution >= 4 is 34.2 Å². The molecule has 4 rings (SSSR count). The first-order valence-electron chi connectivity index (χ1n) is 11.1. The van der Waals surface area contributed by atoms with Crippen LogP contribution in [-0.2, 0) is 27.2 Å². The van der Waals surface area contributed by atoms with Gasteiger partial charge in [-0.25, -0.2) is 4.79 Å². The zero-order chi connectivity index (χ0) is 22.5. The number of fused-ring (bicyclic) bond motifs is 3. The number of thiophene rings is 1. The Morgan fingerprint density at radius 2 is 1.90 bits per heavy atom. The first kappa shape index (κ1) is 22.1.